The topological polar surface area (TPSA) is 60.9 Å². The van der Waals surface area contributed by atoms with E-state index in [-0.39, 0.29) is 5.78 Å². The lowest BCUT2D eigenvalue weighted by Crippen LogP contribution is -1.95. The van der Waals surface area contributed by atoms with Gasteiger partial charge >= 0.3 is 0 Å². The first kappa shape index (κ1) is 11.5. The summed E-state index contributed by atoms with van der Waals surface area (Å²) in [5.74, 6) is 0.0646. The van der Waals surface area contributed by atoms with Crippen molar-refractivity contribution < 1.29 is 4.79 Å². The molecule has 4 nitrogen and oxygen atoms in total. The SMILES string of the molecule is CC(=O)c1ccc(-n2cnc3cc(N)ccc32)cc1. The van der Waals surface area contributed by atoms with Crippen LogP contribution in [0, 0.1) is 0 Å². The summed E-state index contributed by atoms with van der Waals surface area (Å²) in [5, 5.41) is 0. The average molecular weight is 251 g/mol. The fourth-order valence-corrected chi connectivity index (χ4v) is 2.09. The zero-order chi connectivity index (χ0) is 13.4. The molecule has 0 radical (unpaired) electrons. The van der Waals surface area contributed by atoms with Crippen LogP contribution in [0.3, 0.4) is 0 Å². The maximum Gasteiger partial charge on any atom is 0.159 e. The van der Waals surface area contributed by atoms with Crippen molar-refractivity contribution in [2.75, 3.05) is 5.73 Å². The van der Waals surface area contributed by atoms with Gasteiger partial charge in [0.1, 0.15) is 6.33 Å². The van der Waals surface area contributed by atoms with Gasteiger partial charge in [-0.1, -0.05) is 0 Å². The molecule has 2 aromatic carbocycles. The Morgan fingerprint density at radius 3 is 2.58 bits per heavy atom. The van der Waals surface area contributed by atoms with Crippen molar-refractivity contribution in [1.82, 2.24) is 9.55 Å². The van der Waals surface area contributed by atoms with Gasteiger partial charge in [0.2, 0.25) is 0 Å². The second-order valence-corrected chi connectivity index (χ2v) is 4.47. The van der Waals surface area contributed by atoms with E-state index in [0.29, 0.717) is 11.3 Å². The highest BCUT2D eigenvalue weighted by Gasteiger charge is 2.05. The molecule has 94 valence electrons. The summed E-state index contributed by atoms with van der Waals surface area (Å²) in [4.78, 5) is 15.6. The standard InChI is InChI=1S/C15H13N3O/c1-10(19)11-2-5-13(6-3-11)18-9-17-14-8-12(16)4-7-15(14)18/h2-9H,16H2,1H3. The molecule has 0 spiro atoms. The number of nitrogens with zero attached hydrogens (tertiary/aromatic N) is 2. The summed E-state index contributed by atoms with van der Waals surface area (Å²) in [7, 11) is 0. The van der Waals surface area contributed by atoms with Crippen molar-refractivity contribution >= 4 is 22.5 Å². The molecule has 0 saturated heterocycles. The van der Waals surface area contributed by atoms with Crippen molar-refractivity contribution in [3.05, 3.63) is 54.4 Å². The summed E-state index contributed by atoms with van der Waals surface area (Å²) in [6.07, 6.45) is 1.76. The number of hydrogen-bond donors (Lipinski definition) is 1. The van der Waals surface area contributed by atoms with E-state index in [0.717, 1.165) is 16.7 Å². The third-order valence-electron chi connectivity index (χ3n) is 3.12. The fourth-order valence-electron chi connectivity index (χ4n) is 2.09. The van der Waals surface area contributed by atoms with Crippen LogP contribution < -0.4 is 5.73 Å². The number of benzene rings is 2. The van der Waals surface area contributed by atoms with Crippen LogP contribution in [0.4, 0.5) is 5.69 Å². The lowest BCUT2D eigenvalue weighted by Gasteiger charge is -2.05. The number of fused-ring (bicyclic) bond motifs is 1. The van der Waals surface area contributed by atoms with E-state index >= 15 is 0 Å². The van der Waals surface area contributed by atoms with E-state index in [4.69, 9.17) is 5.73 Å². The molecule has 19 heavy (non-hydrogen) atoms. The molecular weight excluding hydrogens is 238 g/mol. The largest absolute Gasteiger partial charge is 0.399 e. The minimum absolute atomic E-state index is 0.0646. The molecule has 0 bridgehead atoms. The summed E-state index contributed by atoms with van der Waals surface area (Å²) >= 11 is 0. The molecule has 1 heterocycles. The molecule has 0 saturated carbocycles. The van der Waals surface area contributed by atoms with E-state index in [1.807, 2.05) is 47.0 Å². The van der Waals surface area contributed by atoms with Gasteiger partial charge in [-0.15, -0.1) is 0 Å². The van der Waals surface area contributed by atoms with Gasteiger partial charge in [-0.25, -0.2) is 4.98 Å². The number of nitrogen functional groups attached to an aromatic ring is 1. The number of ketones is 1. The number of carbonyl (C=O) groups is 1. The molecule has 4 heteroatoms. The Morgan fingerprint density at radius 1 is 1.16 bits per heavy atom. The molecule has 1 aromatic heterocycles. The lowest BCUT2D eigenvalue weighted by molar-refractivity contribution is 0.101. The van der Waals surface area contributed by atoms with E-state index in [1.165, 1.54) is 0 Å². The second-order valence-electron chi connectivity index (χ2n) is 4.47. The average Bonchev–Trinajstić information content (AvgIpc) is 2.81. The first-order chi connectivity index (χ1) is 9.15. The van der Waals surface area contributed by atoms with E-state index < -0.39 is 0 Å². The zero-order valence-corrected chi connectivity index (χ0v) is 10.5. The molecule has 0 amide bonds. The normalized spacial score (nSPS) is 10.8. The minimum Gasteiger partial charge on any atom is -0.399 e. The highest BCUT2D eigenvalue weighted by Crippen LogP contribution is 2.20. The molecule has 0 aliphatic carbocycles. The predicted octanol–water partition coefficient (Wildman–Crippen LogP) is 2.81. The van der Waals surface area contributed by atoms with Gasteiger partial charge in [-0.2, -0.15) is 0 Å². The van der Waals surface area contributed by atoms with E-state index in [2.05, 4.69) is 4.98 Å². The first-order valence-corrected chi connectivity index (χ1v) is 5.99. The van der Waals surface area contributed by atoms with Gasteiger partial charge in [0.05, 0.1) is 11.0 Å². The third kappa shape index (κ3) is 1.97. The Labute approximate surface area is 110 Å². The smallest absolute Gasteiger partial charge is 0.159 e. The highest BCUT2D eigenvalue weighted by atomic mass is 16.1. The van der Waals surface area contributed by atoms with Crippen LogP contribution in [0.1, 0.15) is 17.3 Å². The van der Waals surface area contributed by atoms with E-state index in [9.17, 15) is 4.79 Å². The van der Waals surface area contributed by atoms with Crippen LogP contribution in [0.25, 0.3) is 16.7 Å². The van der Waals surface area contributed by atoms with Gasteiger partial charge in [0.25, 0.3) is 0 Å². The number of hydrogen-bond acceptors (Lipinski definition) is 3. The number of imidazole rings is 1. The van der Waals surface area contributed by atoms with Gasteiger partial charge < -0.3 is 5.73 Å². The summed E-state index contributed by atoms with van der Waals surface area (Å²) in [6.45, 7) is 1.56. The summed E-state index contributed by atoms with van der Waals surface area (Å²) in [6, 6.07) is 13.1. The number of anilines is 1. The van der Waals surface area contributed by atoms with Crippen LogP contribution in [-0.2, 0) is 0 Å². The highest BCUT2D eigenvalue weighted by molar-refractivity contribution is 5.94. The van der Waals surface area contributed by atoms with Gasteiger partial charge in [-0.3, -0.25) is 9.36 Å². The molecule has 0 aliphatic heterocycles. The van der Waals surface area contributed by atoms with Gasteiger partial charge in [0, 0.05) is 16.9 Å². The minimum atomic E-state index is 0.0646. The fraction of sp³-hybridized carbons (Fsp3) is 0.0667. The third-order valence-corrected chi connectivity index (χ3v) is 3.12. The van der Waals surface area contributed by atoms with Crippen molar-refractivity contribution in [3.63, 3.8) is 0 Å². The van der Waals surface area contributed by atoms with Crippen LogP contribution in [0.5, 0.6) is 0 Å². The lowest BCUT2D eigenvalue weighted by atomic mass is 10.1. The van der Waals surface area contributed by atoms with E-state index in [1.54, 1.807) is 13.3 Å². The number of rotatable bonds is 2. The zero-order valence-electron chi connectivity index (χ0n) is 10.5. The Morgan fingerprint density at radius 2 is 1.89 bits per heavy atom. The maximum absolute atomic E-state index is 11.3. The Kier molecular flexibility index (Phi) is 2.56. The van der Waals surface area contributed by atoms with Crippen molar-refractivity contribution in [2.24, 2.45) is 0 Å². The van der Waals surface area contributed by atoms with Crippen molar-refractivity contribution in [3.8, 4) is 5.69 Å². The van der Waals surface area contributed by atoms with Crippen LogP contribution in [0.2, 0.25) is 0 Å². The first-order valence-electron chi connectivity index (χ1n) is 5.99. The number of aromatic nitrogens is 2. The van der Waals surface area contributed by atoms with Crippen molar-refractivity contribution in [2.45, 2.75) is 6.92 Å². The van der Waals surface area contributed by atoms with Crippen LogP contribution in [0.15, 0.2) is 48.8 Å². The number of nitrogens with two attached hydrogens (primary N) is 1. The molecule has 0 fully saturated rings. The Bertz CT molecular complexity index is 757. The Hall–Kier alpha value is -2.62. The molecule has 0 atom stereocenters. The molecule has 2 N–H and O–H groups in total. The summed E-state index contributed by atoms with van der Waals surface area (Å²) in [5.41, 5.74) is 9.96. The monoisotopic (exact) mass is 251 g/mol. The Balaban J connectivity index is 2.11. The predicted molar refractivity (Wildman–Crippen MR) is 75.5 cm³/mol. The molecule has 3 rings (SSSR count). The molecular formula is C15H13N3O. The van der Waals surface area contributed by atoms with Gasteiger partial charge in [-0.05, 0) is 49.4 Å². The van der Waals surface area contributed by atoms with Crippen molar-refractivity contribution in [1.29, 1.82) is 0 Å². The number of Topliss-reactive ketones (excluding diaryl/α,β-unsaturated/α-hetero) is 1. The molecule has 0 aliphatic rings. The maximum atomic E-state index is 11.3. The van der Waals surface area contributed by atoms with Crippen LogP contribution in [-0.4, -0.2) is 15.3 Å². The second kappa shape index (κ2) is 4.24. The molecule has 0 unspecified atom stereocenters. The number of carbonyl (C=O) groups excluding carboxylic acids is 1. The summed E-state index contributed by atoms with van der Waals surface area (Å²) < 4.78 is 1.97. The quantitative estimate of drug-likeness (QED) is 0.562. The van der Waals surface area contributed by atoms with Gasteiger partial charge in [0.15, 0.2) is 5.78 Å². The van der Waals surface area contributed by atoms with Crippen LogP contribution >= 0.6 is 0 Å². The molecule has 3 aromatic rings.